The van der Waals surface area contributed by atoms with Gasteiger partial charge in [0.1, 0.15) is 0 Å². The normalized spacial score (nSPS) is 10.2. The number of anilines is 1. The van der Waals surface area contributed by atoms with Gasteiger partial charge in [-0.2, -0.15) is 0 Å². The van der Waals surface area contributed by atoms with Gasteiger partial charge in [-0.25, -0.2) is 0 Å². The first kappa shape index (κ1) is 16.7. The van der Waals surface area contributed by atoms with Crippen LogP contribution in [0.25, 0.3) is 0 Å². The molecule has 1 heterocycles. The monoisotopic (exact) mass is 311 g/mol. The van der Waals surface area contributed by atoms with Crippen LogP contribution in [0.4, 0.5) is 5.69 Å². The highest BCUT2D eigenvalue weighted by Crippen LogP contribution is 2.19. The topological polar surface area (TPSA) is 62.3 Å². The fourth-order valence-electron chi connectivity index (χ4n) is 2.32. The second kappa shape index (κ2) is 8.08. The van der Waals surface area contributed by atoms with Crippen LogP contribution in [0.15, 0.2) is 48.8 Å². The lowest BCUT2D eigenvalue weighted by Gasteiger charge is -2.22. The van der Waals surface area contributed by atoms with E-state index >= 15 is 0 Å². The second-order valence-electron chi connectivity index (χ2n) is 5.34. The van der Waals surface area contributed by atoms with E-state index in [0.717, 1.165) is 16.8 Å². The van der Waals surface area contributed by atoms with Crippen molar-refractivity contribution in [3.63, 3.8) is 0 Å². The van der Waals surface area contributed by atoms with Crippen molar-refractivity contribution in [3.8, 4) is 0 Å². The maximum absolute atomic E-state index is 12.0. The Kier molecular flexibility index (Phi) is 5.86. The zero-order valence-electron chi connectivity index (χ0n) is 13.5. The minimum Gasteiger partial charge on any atom is -0.352 e. The van der Waals surface area contributed by atoms with Gasteiger partial charge in [0.05, 0.1) is 0 Å². The van der Waals surface area contributed by atoms with Gasteiger partial charge in [0, 0.05) is 44.5 Å². The quantitative estimate of drug-likeness (QED) is 0.891. The molecular formula is C18H21N3O2. The van der Waals surface area contributed by atoms with E-state index in [4.69, 9.17) is 0 Å². The van der Waals surface area contributed by atoms with Crippen LogP contribution >= 0.6 is 0 Å². The van der Waals surface area contributed by atoms with Gasteiger partial charge < -0.3 is 10.2 Å². The molecule has 0 unspecified atom stereocenters. The van der Waals surface area contributed by atoms with E-state index < -0.39 is 0 Å². The standard InChI is InChI=1S/C18H21N3O2/c1-14-5-3-4-6-17(14)21(15(2)22)12-9-18(23)20-13-16-7-10-19-11-8-16/h3-8,10-11H,9,12-13H2,1-2H3,(H,20,23). The predicted molar refractivity (Wildman–Crippen MR) is 89.9 cm³/mol. The van der Waals surface area contributed by atoms with Crippen molar-refractivity contribution in [2.75, 3.05) is 11.4 Å². The highest BCUT2D eigenvalue weighted by Gasteiger charge is 2.14. The zero-order valence-corrected chi connectivity index (χ0v) is 13.5. The SMILES string of the molecule is CC(=O)N(CCC(=O)NCc1ccncc1)c1ccccc1C. The molecule has 0 spiro atoms. The smallest absolute Gasteiger partial charge is 0.223 e. The van der Waals surface area contributed by atoms with Gasteiger partial charge in [0.15, 0.2) is 0 Å². The van der Waals surface area contributed by atoms with E-state index in [1.807, 2.05) is 43.3 Å². The number of nitrogens with one attached hydrogen (secondary N) is 1. The molecule has 1 aromatic heterocycles. The average molecular weight is 311 g/mol. The Balaban J connectivity index is 1.90. The maximum Gasteiger partial charge on any atom is 0.223 e. The van der Waals surface area contributed by atoms with Crippen LogP contribution < -0.4 is 10.2 Å². The third kappa shape index (κ3) is 4.92. The number of carbonyl (C=O) groups is 2. The van der Waals surface area contributed by atoms with Gasteiger partial charge in [-0.1, -0.05) is 18.2 Å². The molecule has 23 heavy (non-hydrogen) atoms. The van der Waals surface area contributed by atoms with Crippen LogP contribution in [-0.2, 0) is 16.1 Å². The van der Waals surface area contributed by atoms with Crippen molar-refractivity contribution in [1.82, 2.24) is 10.3 Å². The van der Waals surface area contributed by atoms with Crippen molar-refractivity contribution >= 4 is 17.5 Å². The van der Waals surface area contributed by atoms with Gasteiger partial charge in [-0.3, -0.25) is 14.6 Å². The predicted octanol–water partition coefficient (Wildman–Crippen LogP) is 2.45. The number of benzene rings is 1. The number of para-hydroxylation sites is 1. The molecule has 0 fully saturated rings. The number of rotatable bonds is 6. The van der Waals surface area contributed by atoms with Crippen LogP contribution in [-0.4, -0.2) is 23.3 Å². The Morgan fingerprint density at radius 2 is 1.83 bits per heavy atom. The number of aryl methyl sites for hydroxylation is 1. The van der Waals surface area contributed by atoms with Crippen molar-refractivity contribution in [2.24, 2.45) is 0 Å². The van der Waals surface area contributed by atoms with Crippen LogP contribution in [0.3, 0.4) is 0 Å². The fourth-order valence-corrected chi connectivity index (χ4v) is 2.32. The van der Waals surface area contributed by atoms with E-state index in [-0.39, 0.29) is 18.2 Å². The van der Waals surface area contributed by atoms with Crippen LogP contribution in [0.5, 0.6) is 0 Å². The van der Waals surface area contributed by atoms with E-state index in [1.54, 1.807) is 17.3 Å². The van der Waals surface area contributed by atoms with Crippen molar-refractivity contribution in [3.05, 3.63) is 59.9 Å². The molecule has 120 valence electrons. The zero-order chi connectivity index (χ0) is 16.7. The Labute approximate surface area is 136 Å². The minimum atomic E-state index is -0.0818. The average Bonchev–Trinajstić information content (AvgIpc) is 2.55. The van der Waals surface area contributed by atoms with E-state index in [9.17, 15) is 9.59 Å². The highest BCUT2D eigenvalue weighted by atomic mass is 16.2. The Hall–Kier alpha value is -2.69. The first-order valence-corrected chi connectivity index (χ1v) is 7.57. The first-order valence-electron chi connectivity index (χ1n) is 7.57. The molecule has 0 saturated carbocycles. The highest BCUT2D eigenvalue weighted by molar-refractivity contribution is 5.93. The lowest BCUT2D eigenvalue weighted by molar-refractivity contribution is -0.121. The molecule has 0 saturated heterocycles. The summed E-state index contributed by atoms with van der Waals surface area (Å²) in [6.45, 7) is 4.30. The third-order valence-corrected chi connectivity index (χ3v) is 3.59. The number of hydrogen-bond acceptors (Lipinski definition) is 3. The summed E-state index contributed by atoms with van der Waals surface area (Å²) in [5.74, 6) is -0.150. The van der Waals surface area contributed by atoms with Gasteiger partial charge in [0.25, 0.3) is 0 Å². The third-order valence-electron chi connectivity index (χ3n) is 3.59. The van der Waals surface area contributed by atoms with Gasteiger partial charge >= 0.3 is 0 Å². The summed E-state index contributed by atoms with van der Waals surface area (Å²) in [7, 11) is 0. The second-order valence-corrected chi connectivity index (χ2v) is 5.34. The van der Waals surface area contributed by atoms with Crippen molar-refractivity contribution in [2.45, 2.75) is 26.8 Å². The summed E-state index contributed by atoms with van der Waals surface area (Å²) >= 11 is 0. The molecule has 2 aromatic rings. The molecule has 1 N–H and O–H groups in total. The van der Waals surface area contributed by atoms with Crippen molar-refractivity contribution < 1.29 is 9.59 Å². The lowest BCUT2D eigenvalue weighted by atomic mass is 10.1. The molecule has 2 rings (SSSR count). The van der Waals surface area contributed by atoms with E-state index in [2.05, 4.69) is 10.3 Å². The molecule has 5 nitrogen and oxygen atoms in total. The number of carbonyl (C=O) groups excluding carboxylic acids is 2. The molecule has 0 atom stereocenters. The number of hydrogen-bond donors (Lipinski definition) is 1. The number of amides is 2. The summed E-state index contributed by atoms with van der Waals surface area (Å²) in [4.78, 5) is 29.4. The molecule has 0 radical (unpaired) electrons. The molecule has 0 bridgehead atoms. The molecule has 2 amide bonds. The molecular weight excluding hydrogens is 290 g/mol. The number of aromatic nitrogens is 1. The van der Waals surface area contributed by atoms with E-state index in [1.165, 1.54) is 6.92 Å². The Morgan fingerprint density at radius 1 is 1.13 bits per heavy atom. The Morgan fingerprint density at radius 3 is 2.48 bits per heavy atom. The fraction of sp³-hybridized carbons (Fsp3) is 0.278. The maximum atomic E-state index is 12.0. The van der Waals surface area contributed by atoms with Gasteiger partial charge in [-0.05, 0) is 36.2 Å². The number of nitrogens with zero attached hydrogens (tertiary/aromatic N) is 2. The largest absolute Gasteiger partial charge is 0.352 e. The first-order chi connectivity index (χ1) is 11.1. The Bertz CT molecular complexity index is 671. The summed E-state index contributed by atoms with van der Waals surface area (Å²) in [5, 5.41) is 2.85. The summed E-state index contributed by atoms with van der Waals surface area (Å²) in [6.07, 6.45) is 3.65. The minimum absolute atomic E-state index is 0.0683. The molecule has 0 aliphatic heterocycles. The molecule has 0 aliphatic carbocycles. The van der Waals surface area contributed by atoms with Crippen LogP contribution in [0.1, 0.15) is 24.5 Å². The summed E-state index contributed by atoms with van der Waals surface area (Å²) in [5.41, 5.74) is 2.86. The van der Waals surface area contributed by atoms with Gasteiger partial charge in [-0.15, -0.1) is 0 Å². The van der Waals surface area contributed by atoms with Crippen LogP contribution in [0, 0.1) is 6.92 Å². The lowest BCUT2D eigenvalue weighted by Crippen LogP contribution is -2.34. The van der Waals surface area contributed by atoms with E-state index in [0.29, 0.717) is 13.1 Å². The molecule has 0 aliphatic rings. The van der Waals surface area contributed by atoms with Crippen molar-refractivity contribution in [1.29, 1.82) is 0 Å². The summed E-state index contributed by atoms with van der Waals surface area (Å²) < 4.78 is 0. The number of pyridine rings is 1. The molecule has 1 aromatic carbocycles. The van der Waals surface area contributed by atoms with Crippen LogP contribution in [0.2, 0.25) is 0 Å². The molecule has 5 heteroatoms. The summed E-state index contributed by atoms with van der Waals surface area (Å²) in [6, 6.07) is 11.4. The van der Waals surface area contributed by atoms with Gasteiger partial charge in [0.2, 0.25) is 11.8 Å².